The van der Waals surface area contributed by atoms with E-state index in [2.05, 4.69) is 36.1 Å². The van der Waals surface area contributed by atoms with E-state index in [9.17, 15) is 0 Å². The zero-order valence-corrected chi connectivity index (χ0v) is 16.0. The largest absolute Gasteiger partial charge is 0.337 e. The molecule has 0 unspecified atom stereocenters. The number of hydrogen-bond donors (Lipinski definition) is 2. The van der Waals surface area contributed by atoms with Crippen molar-refractivity contribution in [1.29, 1.82) is 0 Å². The summed E-state index contributed by atoms with van der Waals surface area (Å²) >= 11 is 12.1. The lowest BCUT2D eigenvalue weighted by Crippen LogP contribution is -2.03. The second kappa shape index (κ2) is 7.79. The minimum absolute atomic E-state index is 0.261. The minimum atomic E-state index is 0.261. The molecule has 0 amide bonds. The molecule has 0 fully saturated rings. The van der Waals surface area contributed by atoms with E-state index in [1.54, 1.807) is 24.4 Å². The van der Waals surface area contributed by atoms with E-state index in [-0.39, 0.29) is 11.3 Å². The van der Waals surface area contributed by atoms with E-state index in [0.29, 0.717) is 27.2 Å². The summed E-state index contributed by atoms with van der Waals surface area (Å²) in [6, 6.07) is 13.0. The van der Waals surface area contributed by atoms with Crippen molar-refractivity contribution in [1.82, 2.24) is 20.3 Å². The summed E-state index contributed by atoms with van der Waals surface area (Å²) in [6.07, 6.45) is 1.56. The Labute approximate surface area is 169 Å². The maximum Gasteiger partial charge on any atom is 0.245 e. The Balaban J connectivity index is 1.64. The third-order valence-corrected chi connectivity index (χ3v) is 4.29. The van der Waals surface area contributed by atoms with E-state index < -0.39 is 0 Å². The topological polar surface area (TPSA) is 101 Å². The van der Waals surface area contributed by atoms with Crippen LogP contribution in [0.2, 0.25) is 10.0 Å². The zero-order chi connectivity index (χ0) is 19.5. The molecule has 2 N–H and O–H groups in total. The van der Waals surface area contributed by atoms with Crippen molar-refractivity contribution in [2.24, 2.45) is 5.10 Å². The smallest absolute Gasteiger partial charge is 0.245 e. The molecular formula is C18H13Cl2N7O. The van der Waals surface area contributed by atoms with Crippen molar-refractivity contribution < 1.29 is 4.63 Å². The Morgan fingerprint density at radius 1 is 1.00 bits per heavy atom. The summed E-state index contributed by atoms with van der Waals surface area (Å²) in [4.78, 5) is 8.74. The van der Waals surface area contributed by atoms with Gasteiger partial charge in [0, 0.05) is 16.3 Å². The molecule has 0 aliphatic rings. The van der Waals surface area contributed by atoms with Crippen molar-refractivity contribution >= 4 is 58.0 Å². The second-order valence-electron chi connectivity index (χ2n) is 5.86. The van der Waals surface area contributed by atoms with Crippen LogP contribution in [0.5, 0.6) is 0 Å². The molecule has 4 aromatic rings. The van der Waals surface area contributed by atoms with Gasteiger partial charge < -0.3 is 5.32 Å². The van der Waals surface area contributed by atoms with Gasteiger partial charge in [0.05, 0.1) is 11.2 Å². The SMILES string of the molecule is Cc1cccc(Nc2nc3nonc3nc2NN=Cc2ccc(Cl)cc2Cl)c1. The molecule has 0 saturated carbocycles. The zero-order valence-electron chi connectivity index (χ0n) is 14.5. The molecule has 2 heterocycles. The number of benzene rings is 2. The average molecular weight is 414 g/mol. The first kappa shape index (κ1) is 18.1. The number of halogens is 2. The Kier molecular flexibility index (Phi) is 5.05. The highest BCUT2D eigenvalue weighted by molar-refractivity contribution is 6.36. The molecule has 0 saturated heterocycles. The first-order valence-corrected chi connectivity index (χ1v) is 8.92. The predicted octanol–water partition coefficient (Wildman–Crippen LogP) is 4.82. The number of anilines is 3. The van der Waals surface area contributed by atoms with Gasteiger partial charge in [-0.2, -0.15) is 10.1 Å². The summed E-state index contributed by atoms with van der Waals surface area (Å²) in [5.74, 6) is 0.777. The van der Waals surface area contributed by atoms with E-state index in [1.807, 2.05) is 31.2 Å². The molecule has 0 aliphatic heterocycles. The van der Waals surface area contributed by atoms with Gasteiger partial charge in [-0.1, -0.05) is 41.4 Å². The van der Waals surface area contributed by atoms with Crippen molar-refractivity contribution in [2.75, 3.05) is 10.7 Å². The minimum Gasteiger partial charge on any atom is -0.337 e. The Morgan fingerprint density at radius 3 is 2.54 bits per heavy atom. The van der Waals surface area contributed by atoms with Crippen LogP contribution >= 0.6 is 23.2 Å². The fourth-order valence-electron chi connectivity index (χ4n) is 2.43. The molecule has 0 atom stereocenters. The van der Waals surface area contributed by atoms with Gasteiger partial charge >= 0.3 is 0 Å². The summed E-state index contributed by atoms with van der Waals surface area (Å²) in [6.45, 7) is 2.00. The van der Waals surface area contributed by atoms with Gasteiger partial charge in [-0.15, -0.1) is 0 Å². The van der Waals surface area contributed by atoms with E-state index in [1.165, 1.54) is 0 Å². The quantitative estimate of drug-likeness (QED) is 0.357. The molecule has 140 valence electrons. The van der Waals surface area contributed by atoms with Gasteiger partial charge in [0.25, 0.3) is 0 Å². The van der Waals surface area contributed by atoms with Crippen LogP contribution in [-0.2, 0) is 0 Å². The lowest BCUT2D eigenvalue weighted by atomic mass is 10.2. The van der Waals surface area contributed by atoms with E-state index >= 15 is 0 Å². The molecule has 28 heavy (non-hydrogen) atoms. The Bertz CT molecular complexity index is 1180. The summed E-state index contributed by atoms with van der Waals surface area (Å²) in [5.41, 5.74) is 6.04. The van der Waals surface area contributed by atoms with E-state index in [0.717, 1.165) is 11.3 Å². The third-order valence-electron chi connectivity index (χ3n) is 3.73. The first-order valence-electron chi connectivity index (χ1n) is 8.16. The van der Waals surface area contributed by atoms with Crippen molar-refractivity contribution in [3.05, 3.63) is 63.6 Å². The number of hydrogen-bond acceptors (Lipinski definition) is 8. The summed E-state index contributed by atoms with van der Waals surface area (Å²) in [5, 5.41) is 15.9. The van der Waals surface area contributed by atoms with Crippen LogP contribution < -0.4 is 10.7 Å². The number of aromatic nitrogens is 4. The van der Waals surface area contributed by atoms with Crippen LogP contribution in [0.4, 0.5) is 17.3 Å². The molecule has 10 heteroatoms. The molecule has 0 spiro atoms. The van der Waals surface area contributed by atoms with Crippen LogP contribution in [0, 0.1) is 6.92 Å². The molecule has 0 bridgehead atoms. The van der Waals surface area contributed by atoms with Crippen LogP contribution in [0.25, 0.3) is 11.3 Å². The molecule has 2 aromatic heterocycles. The highest BCUT2D eigenvalue weighted by Gasteiger charge is 2.13. The number of nitrogens with zero attached hydrogens (tertiary/aromatic N) is 5. The molecular weight excluding hydrogens is 401 g/mol. The van der Waals surface area contributed by atoms with Crippen LogP contribution in [0.1, 0.15) is 11.1 Å². The third kappa shape index (κ3) is 4.03. The average Bonchev–Trinajstić information content (AvgIpc) is 3.11. The Hall–Kier alpha value is -3.23. The van der Waals surface area contributed by atoms with Crippen molar-refractivity contribution in [2.45, 2.75) is 6.92 Å². The lowest BCUT2D eigenvalue weighted by molar-refractivity contribution is 0.314. The van der Waals surface area contributed by atoms with Crippen LogP contribution in [0.3, 0.4) is 0 Å². The maximum atomic E-state index is 6.15. The monoisotopic (exact) mass is 413 g/mol. The molecule has 0 radical (unpaired) electrons. The number of nitrogens with one attached hydrogen (secondary N) is 2. The normalized spacial score (nSPS) is 11.2. The standard InChI is InChI=1S/C18H13Cl2N7O/c1-10-3-2-4-13(7-10)22-15-16(24-18-17(23-15)26-28-27-18)25-21-9-11-5-6-12(19)8-14(11)20/h2-9H,1H3,(H,22,23,26)(H,24,25,27). The molecule has 8 nitrogen and oxygen atoms in total. The van der Waals surface area contributed by atoms with Gasteiger partial charge in [0.15, 0.2) is 11.6 Å². The maximum absolute atomic E-state index is 6.15. The number of rotatable bonds is 5. The summed E-state index contributed by atoms with van der Waals surface area (Å²) < 4.78 is 4.70. The van der Waals surface area contributed by atoms with Gasteiger partial charge in [0.2, 0.25) is 11.3 Å². The van der Waals surface area contributed by atoms with Crippen LogP contribution in [-0.4, -0.2) is 26.5 Å². The Morgan fingerprint density at radius 2 is 1.79 bits per heavy atom. The highest BCUT2D eigenvalue weighted by atomic mass is 35.5. The molecule has 0 aliphatic carbocycles. The van der Waals surface area contributed by atoms with Gasteiger partial charge in [0.1, 0.15) is 0 Å². The van der Waals surface area contributed by atoms with Gasteiger partial charge in [-0.3, -0.25) is 5.43 Å². The van der Waals surface area contributed by atoms with Crippen LogP contribution in [0.15, 0.2) is 52.2 Å². The number of fused-ring (bicyclic) bond motifs is 1. The fourth-order valence-corrected chi connectivity index (χ4v) is 2.89. The highest BCUT2D eigenvalue weighted by Crippen LogP contribution is 2.24. The molecule has 2 aromatic carbocycles. The number of aryl methyl sites for hydroxylation is 1. The van der Waals surface area contributed by atoms with Crippen molar-refractivity contribution in [3.63, 3.8) is 0 Å². The lowest BCUT2D eigenvalue weighted by Gasteiger charge is -2.09. The summed E-state index contributed by atoms with van der Waals surface area (Å²) in [7, 11) is 0. The van der Waals surface area contributed by atoms with Gasteiger partial charge in [-0.25, -0.2) is 9.61 Å². The first-order chi connectivity index (χ1) is 13.6. The second-order valence-corrected chi connectivity index (χ2v) is 6.71. The van der Waals surface area contributed by atoms with Crippen molar-refractivity contribution in [3.8, 4) is 0 Å². The van der Waals surface area contributed by atoms with Gasteiger partial charge in [-0.05, 0) is 47.1 Å². The predicted molar refractivity (Wildman–Crippen MR) is 110 cm³/mol. The molecule has 4 rings (SSSR count). The fraction of sp³-hybridized carbons (Fsp3) is 0.0556. The number of hydrazone groups is 1. The van der Waals surface area contributed by atoms with E-state index in [4.69, 9.17) is 27.8 Å².